The lowest BCUT2D eigenvalue weighted by molar-refractivity contribution is -0.126. The Kier molecular flexibility index (Phi) is 4.48. The lowest BCUT2D eigenvalue weighted by atomic mass is 9.75. The Labute approximate surface area is 126 Å². The quantitative estimate of drug-likeness (QED) is 0.872. The molecule has 1 aliphatic carbocycles. The summed E-state index contributed by atoms with van der Waals surface area (Å²) in [7, 11) is 0. The van der Waals surface area contributed by atoms with Crippen LogP contribution in [0.25, 0.3) is 0 Å². The van der Waals surface area contributed by atoms with E-state index in [1.54, 1.807) is 12.1 Å². The van der Waals surface area contributed by atoms with E-state index in [0.717, 1.165) is 25.7 Å². The van der Waals surface area contributed by atoms with Gasteiger partial charge >= 0.3 is 5.97 Å². The van der Waals surface area contributed by atoms with Gasteiger partial charge in [0.1, 0.15) is 0 Å². The summed E-state index contributed by atoms with van der Waals surface area (Å²) in [5.74, 6) is -1.03. The van der Waals surface area contributed by atoms with Crippen molar-refractivity contribution in [3.05, 3.63) is 28.2 Å². The van der Waals surface area contributed by atoms with Crippen LogP contribution in [0.15, 0.2) is 22.7 Å². The number of halogens is 1. The monoisotopic (exact) mass is 339 g/mol. The van der Waals surface area contributed by atoms with Crippen LogP contribution in [0.1, 0.15) is 49.4 Å². The highest BCUT2D eigenvalue weighted by Gasteiger charge is 2.34. The van der Waals surface area contributed by atoms with E-state index in [9.17, 15) is 9.59 Å². The molecule has 0 atom stereocenters. The highest BCUT2D eigenvalue weighted by atomic mass is 79.9. The number of anilines is 1. The Bertz CT molecular complexity index is 536. The largest absolute Gasteiger partial charge is 0.478 e. The highest BCUT2D eigenvalue weighted by Crippen LogP contribution is 2.37. The normalized spacial score (nSPS) is 17.5. The Hall–Kier alpha value is -1.36. The number of nitrogens with one attached hydrogen (secondary N) is 1. The molecule has 4 nitrogen and oxygen atoms in total. The number of benzene rings is 1. The summed E-state index contributed by atoms with van der Waals surface area (Å²) in [6.07, 6.45) is 5.11. The van der Waals surface area contributed by atoms with Crippen LogP contribution < -0.4 is 5.32 Å². The van der Waals surface area contributed by atoms with Gasteiger partial charge in [0.25, 0.3) is 0 Å². The van der Waals surface area contributed by atoms with Gasteiger partial charge in [0.2, 0.25) is 5.91 Å². The second-order valence-electron chi connectivity index (χ2n) is 5.58. The molecule has 1 aromatic carbocycles. The molecule has 2 N–H and O–H groups in total. The topological polar surface area (TPSA) is 66.4 Å². The predicted molar refractivity (Wildman–Crippen MR) is 80.9 cm³/mol. The number of hydrogen-bond acceptors (Lipinski definition) is 2. The van der Waals surface area contributed by atoms with Gasteiger partial charge in [0.15, 0.2) is 0 Å². The van der Waals surface area contributed by atoms with Crippen LogP contribution in [0.3, 0.4) is 0 Å². The molecule has 0 aromatic heterocycles. The summed E-state index contributed by atoms with van der Waals surface area (Å²) in [6.45, 7) is 1.98. The average Bonchev–Trinajstić information content (AvgIpc) is 2.41. The molecule has 1 aromatic rings. The van der Waals surface area contributed by atoms with Gasteiger partial charge in [-0.05, 0) is 47.0 Å². The Morgan fingerprint density at radius 2 is 1.90 bits per heavy atom. The summed E-state index contributed by atoms with van der Waals surface area (Å²) >= 11 is 3.19. The maximum atomic E-state index is 12.4. The first-order chi connectivity index (χ1) is 9.42. The Balaban J connectivity index is 2.15. The first-order valence-electron chi connectivity index (χ1n) is 6.77. The SMILES string of the molecule is CC1(C(=O)Nc2ccc(Br)c(C(=O)O)c2)CCCCC1. The molecule has 0 spiro atoms. The molecule has 0 saturated heterocycles. The first kappa shape index (κ1) is 15.0. The molecule has 2 rings (SSSR count). The van der Waals surface area contributed by atoms with Crippen LogP contribution in [0.4, 0.5) is 5.69 Å². The van der Waals surface area contributed by atoms with Crippen LogP contribution in [0.2, 0.25) is 0 Å². The minimum atomic E-state index is -1.02. The zero-order valence-corrected chi connectivity index (χ0v) is 13.0. The number of hydrogen-bond donors (Lipinski definition) is 2. The lowest BCUT2D eigenvalue weighted by Gasteiger charge is -2.32. The molecular formula is C15H18BrNO3. The molecule has 1 fully saturated rings. The standard InChI is InChI=1S/C15H18BrNO3/c1-15(7-3-2-4-8-15)14(20)17-10-5-6-12(16)11(9-10)13(18)19/h5-6,9H,2-4,7-8H2,1H3,(H,17,20)(H,18,19). The van der Waals surface area contributed by atoms with Crippen LogP contribution in [0.5, 0.6) is 0 Å². The fourth-order valence-corrected chi connectivity index (χ4v) is 3.02. The van der Waals surface area contributed by atoms with Gasteiger partial charge < -0.3 is 10.4 Å². The van der Waals surface area contributed by atoms with E-state index >= 15 is 0 Å². The summed E-state index contributed by atoms with van der Waals surface area (Å²) < 4.78 is 0.506. The molecule has 1 saturated carbocycles. The smallest absolute Gasteiger partial charge is 0.336 e. The first-order valence-corrected chi connectivity index (χ1v) is 7.56. The van der Waals surface area contributed by atoms with Gasteiger partial charge in [-0.25, -0.2) is 4.79 Å². The summed E-state index contributed by atoms with van der Waals surface area (Å²) in [5.41, 5.74) is 0.341. The number of carboxylic acid groups (broad SMARTS) is 1. The van der Waals surface area contributed by atoms with Crippen molar-refractivity contribution in [2.75, 3.05) is 5.32 Å². The van der Waals surface area contributed by atoms with Crippen molar-refractivity contribution in [1.82, 2.24) is 0 Å². The van der Waals surface area contributed by atoms with E-state index in [1.165, 1.54) is 12.5 Å². The van der Waals surface area contributed by atoms with Crippen molar-refractivity contribution in [2.24, 2.45) is 5.41 Å². The molecule has 0 heterocycles. The lowest BCUT2D eigenvalue weighted by Crippen LogP contribution is -2.35. The molecule has 0 aliphatic heterocycles. The molecular weight excluding hydrogens is 322 g/mol. The third-order valence-corrected chi connectivity index (χ3v) is 4.65. The number of carbonyl (C=O) groups excluding carboxylic acids is 1. The molecule has 1 amide bonds. The van der Waals surface area contributed by atoms with E-state index in [1.807, 2.05) is 6.92 Å². The fourth-order valence-electron chi connectivity index (χ4n) is 2.61. The second kappa shape index (κ2) is 5.95. The van der Waals surface area contributed by atoms with Gasteiger partial charge in [-0.3, -0.25) is 4.79 Å². The predicted octanol–water partition coefficient (Wildman–Crippen LogP) is 4.06. The van der Waals surface area contributed by atoms with Crippen molar-refractivity contribution in [3.8, 4) is 0 Å². The van der Waals surface area contributed by atoms with E-state index in [-0.39, 0.29) is 16.9 Å². The fraction of sp³-hybridized carbons (Fsp3) is 0.467. The second-order valence-corrected chi connectivity index (χ2v) is 6.43. The number of rotatable bonds is 3. The summed E-state index contributed by atoms with van der Waals surface area (Å²) in [5, 5.41) is 11.9. The maximum absolute atomic E-state index is 12.4. The third kappa shape index (κ3) is 3.20. The summed E-state index contributed by atoms with van der Waals surface area (Å²) in [4.78, 5) is 23.5. The number of carbonyl (C=O) groups is 2. The zero-order valence-electron chi connectivity index (χ0n) is 11.4. The van der Waals surface area contributed by atoms with E-state index < -0.39 is 5.97 Å². The van der Waals surface area contributed by atoms with E-state index in [4.69, 9.17) is 5.11 Å². The van der Waals surface area contributed by atoms with Gasteiger partial charge in [-0.2, -0.15) is 0 Å². The van der Waals surface area contributed by atoms with Crippen molar-refractivity contribution in [3.63, 3.8) is 0 Å². The third-order valence-electron chi connectivity index (χ3n) is 3.96. The molecule has 1 aliphatic rings. The van der Waals surface area contributed by atoms with Crippen molar-refractivity contribution >= 4 is 33.5 Å². The van der Waals surface area contributed by atoms with Gasteiger partial charge in [0, 0.05) is 15.6 Å². The molecule has 0 unspecified atom stereocenters. The minimum absolute atomic E-state index is 0.0177. The Morgan fingerprint density at radius 3 is 2.50 bits per heavy atom. The van der Waals surface area contributed by atoms with Crippen molar-refractivity contribution in [1.29, 1.82) is 0 Å². The molecule has 5 heteroatoms. The number of carboxylic acids is 1. The average molecular weight is 340 g/mol. The van der Waals surface area contributed by atoms with Gasteiger partial charge in [-0.1, -0.05) is 26.2 Å². The molecule has 0 bridgehead atoms. The highest BCUT2D eigenvalue weighted by molar-refractivity contribution is 9.10. The van der Waals surface area contributed by atoms with Crippen LogP contribution in [-0.2, 0) is 4.79 Å². The summed E-state index contributed by atoms with van der Waals surface area (Å²) in [6, 6.07) is 4.83. The van der Waals surface area contributed by atoms with Crippen LogP contribution >= 0.6 is 15.9 Å². The minimum Gasteiger partial charge on any atom is -0.478 e. The van der Waals surface area contributed by atoms with Crippen molar-refractivity contribution in [2.45, 2.75) is 39.0 Å². The van der Waals surface area contributed by atoms with E-state index in [2.05, 4.69) is 21.2 Å². The van der Waals surface area contributed by atoms with E-state index in [0.29, 0.717) is 10.2 Å². The zero-order chi connectivity index (χ0) is 14.8. The Morgan fingerprint density at radius 1 is 1.25 bits per heavy atom. The van der Waals surface area contributed by atoms with Crippen LogP contribution in [0, 0.1) is 5.41 Å². The van der Waals surface area contributed by atoms with Crippen LogP contribution in [-0.4, -0.2) is 17.0 Å². The number of amides is 1. The van der Waals surface area contributed by atoms with Crippen molar-refractivity contribution < 1.29 is 14.7 Å². The van der Waals surface area contributed by atoms with Gasteiger partial charge in [0.05, 0.1) is 5.56 Å². The molecule has 0 radical (unpaired) electrons. The maximum Gasteiger partial charge on any atom is 0.336 e. The molecule has 20 heavy (non-hydrogen) atoms. The number of aromatic carboxylic acids is 1. The van der Waals surface area contributed by atoms with Gasteiger partial charge in [-0.15, -0.1) is 0 Å². The molecule has 108 valence electrons.